The van der Waals surface area contributed by atoms with Crippen LogP contribution in [0.4, 0.5) is 11.4 Å². The summed E-state index contributed by atoms with van der Waals surface area (Å²) in [5, 5.41) is 3.55. The highest BCUT2D eigenvalue weighted by Gasteiger charge is 2.12. The van der Waals surface area contributed by atoms with Crippen LogP contribution in [0.15, 0.2) is 67.0 Å². The van der Waals surface area contributed by atoms with Crippen molar-refractivity contribution in [2.24, 2.45) is 0 Å². The van der Waals surface area contributed by atoms with Crippen molar-refractivity contribution >= 4 is 28.9 Å². The standard InChI is InChI=1S/C22H22ClN3O/c1-3-26(19-9-6-7-16(2)11-19)20-12-18(13-24-15-20)22(27)25-14-17-8-4-5-10-21(17)23/h4-13,15H,3,14H2,1-2H3,(H,25,27). The van der Waals surface area contributed by atoms with Crippen molar-refractivity contribution in [3.63, 3.8) is 0 Å². The Balaban J connectivity index is 1.78. The summed E-state index contributed by atoms with van der Waals surface area (Å²) >= 11 is 6.15. The van der Waals surface area contributed by atoms with E-state index in [-0.39, 0.29) is 5.91 Å². The van der Waals surface area contributed by atoms with Gasteiger partial charge >= 0.3 is 0 Å². The molecular formula is C22H22ClN3O. The first-order valence-electron chi connectivity index (χ1n) is 8.89. The van der Waals surface area contributed by atoms with E-state index in [1.54, 1.807) is 12.4 Å². The zero-order chi connectivity index (χ0) is 19.2. The Labute approximate surface area is 164 Å². The molecule has 1 N–H and O–H groups in total. The molecule has 1 heterocycles. The molecule has 27 heavy (non-hydrogen) atoms. The van der Waals surface area contributed by atoms with Gasteiger partial charge in [-0.1, -0.05) is 41.9 Å². The lowest BCUT2D eigenvalue weighted by molar-refractivity contribution is 0.0950. The summed E-state index contributed by atoms with van der Waals surface area (Å²) in [7, 11) is 0. The summed E-state index contributed by atoms with van der Waals surface area (Å²) in [5.41, 5.74) is 4.55. The van der Waals surface area contributed by atoms with Crippen molar-refractivity contribution < 1.29 is 4.79 Å². The number of halogens is 1. The van der Waals surface area contributed by atoms with E-state index in [1.807, 2.05) is 36.4 Å². The van der Waals surface area contributed by atoms with E-state index >= 15 is 0 Å². The Morgan fingerprint density at radius 3 is 2.63 bits per heavy atom. The number of aryl methyl sites for hydroxylation is 1. The highest BCUT2D eigenvalue weighted by atomic mass is 35.5. The highest BCUT2D eigenvalue weighted by molar-refractivity contribution is 6.31. The summed E-state index contributed by atoms with van der Waals surface area (Å²) in [4.78, 5) is 19.0. The second kappa shape index (κ2) is 8.69. The fourth-order valence-electron chi connectivity index (χ4n) is 2.93. The van der Waals surface area contributed by atoms with E-state index in [0.29, 0.717) is 17.1 Å². The summed E-state index contributed by atoms with van der Waals surface area (Å²) in [6.07, 6.45) is 3.35. The van der Waals surface area contributed by atoms with Gasteiger partial charge in [0.25, 0.3) is 5.91 Å². The van der Waals surface area contributed by atoms with Crippen LogP contribution < -0.4 is 10.2 Å². The molecule has 0 bridgehead atoms. The minimum atomic E-state index is -0.176. The third-order valence-corrected chi connectivity index (χ3v) is 4.69. The van der Waals surface area contributed by atoms with Crippen LogP contribution in [0.3, 0.4) is 0 Å². The monoisotopic (exact) mass is 379 g/mol. The van der Waals surface area contributed by atoms with Crippen molar-refractivity contribution in [3.8, 4) is 0 Å². The van der Waals surface area contributed by atoms with Crippen LogP contribution in [0.25, 0.3) is 0 Å². The maximum Gasteiger partial charge on any atom is 0.253 e. The molecule has 0 atom stereocenters. The minimum absolute atomic E-state index is 0.176. The van der Waals surface area contributed by atoms with Crippen LogP contribution in [-0.4, -0.2) is 17.4 Å². The molecule has 0 spiro atoms. The third-order valence-electron chi connectivity index (χ3n) is 4.32. The van der Waals surface area contributed by atoms with Gasteiger partial charge in [0.2, 0.25) is 0 Å². The molecule has 0 unspecified atom stereocenters. The van der Waals surface area contributed by atoms with E-state index in [2.05, 4.69) is 47.2 Å². The predicted molar refractivity (Wildman–Crippen MR) is 111 cm³/mol. The maximum absolute atomic E-state index is 12.6. The first-order chi connectivity index (χ1) is 13.1. The van der Waals surface area contributed by atoms with Gasteiger partial charge in [-0.15, -0.1) is 0 Å². The fraction of sp³-hybridized carbons (Fsp3) is 0.182. The topological polar surface area (TPSA) is 45.2 Å². The number of nitrogens with one attached hydrogen (secondary N) is 1. The number of hydrogen-bond acceptors (Lipinski definition) is 3. The summed E-state index contributed by atoms with van der Waals surface area (Å²) < 4.78 is 0. The highest BCUT2D eigenvalue weighted by Crippen LogP contribution is 2.26. The number of carbonyl (C=O) groups excluding carboxylic acids is 1. The molecule has 5 heteroatoms. The van der Waals surface area contributed by atoms with Gasteiger partial charge in [0.05, 0.1) is 17.4 Å². The lowest BCUT2D eigenvalue weighted by atomic mass is 10.1. The van der Waals surface area contributed by atoms with E-state index in [1.165, 1.54) is 5.56 Å². The van der Waals surface area contributed by atoms with Crippen LogP contribution in [0.1, 0.15) is 28.4 Å². The van der Waals surface area contributed by atoms with Crippen molar-refractivity contribution in [2.75, 3.05) is 11.4 Å². The van der Waals surface area contributed by atoms with Crippen molar-refractivity contribution in [1.82, 2.24) is 10.3 Å². The Hall–Kier alpha value is -2.85. The van der Waals surface area contributed by atoms with Gasteiger partial charge in [-0.05, 0) is 49.2 Å². The van der Waals surface area contributed by atoms with E-state index in [9.17, 15) is 4.79 Å². The molecule has 3 rings (SSSR count). The van der Waals surface area contributed by atoms with Gasteiger partial charge in [0.15, 0.2) is 0 Å². The van der Waals surface area contributed by atoms with Crippen molar-refractivity contribution in [1.29, 1.82) is 0 Å². The van der Waals surface area contributed by atoms with Gasteiger partial charge in [0.1, 0.15) is 0 Å². The molecule has 0 saturated carbocycles. The third kappa shape index (κ3) is 4.66. The van der Waals surface area contributed by atoms with Gasteiger partial charge in [-0.25, -0.2) is 0 Å². The largest absolute Gasteiger partial charge is 0.348 e. The first kappa shape index (κ1) is 18.9. The second-order valence-corrected chi connectivity index (χ2v) is 6.70. The number of amides is 1. The average molecular weight is 380 g/mol. The minimum Gasteiger partial charge on any atom is -0.348 e. The molecule has 4 nitrogen and oxygen atoms in total. The molecule has 0 fully saturated rings. The van der Waals surface area contributed by atoms with Gasteiger partial charge in [0, 0.05) is 30.0 Å². The quantitative estimate of drug-likeness (QED) is 0.645. The summed E-state index contributed by atoms with van der Waals surface area (Å²) in [6.45, 7) is 5.29. The number of carbonyl (C=O) groups is 1. The smallest absolute Gasteiger partial charge is 0.253 e. The predicted octanol–water partition coefficient (Wildman–Crippen LogP) is 5.13. The fourth-order valence-corrected chi connectivity index (χ4v) is 3.13. The van der Waals surface area contributed by atoms with E-state index in [0.717, 1.165) is 23.5 Å². The molecule has 1 amide bonds. The number of nitrogens with zero attached hydrogens (tertiary/aromatic N) is 2. The Morgan fingerprint density at radius 2 is 1.89 bits per heavy atom. The zero-order valence-corrected chi connectivity index (χ0v) is 16.2. The molecular weight excluding hydrogens is 358 g/mol. The molecule has 138 valence electrons. The van der Waals surface area contributed by atoms with Crippen LogP contribution in [-0.2, 0) is 6.54 Å². The van der Waals surface area contributed by atoms with Crippen LogP contribution in [0.5, 0.6) is 0 Å². The van der Waals surface area contributed by atoms with Crippen molar-refractivity contribution in [2.45, 2.75) is 20.4 Å². The van der Waals surface area contributed by atoms with Gasteiger partial charge < -0.3 is 10.2 Å². The second-order valence-electron chi connectivity index (χ2n) is 6.29. The Morgan fingerprint density at radius 1 is 1.07 bits per heavy atom. The van der Waals surface area contributed by atoms with Crippen LogP contribution >= 0.6 is 11.6 Å². The molecule has 0 saturated heterocycles. The van der Waals surface area contributed by atoms with Crippen LogP contribution in [0.2, 0.25) is 5.02 Å². The SMILES string of the molecule is CCN(c1cccc(C)c1)c1cncc(C(=O)NCc2ccccc2Cl)c1. The van der Waals surface area contributed by atoms with Crippen LogP contribution in [0, 0.1) is 6.92 Å². The first-order valence-corrected chi connectivity index (χ1v) is 9.27. The molecule has 3 aromatic rings. The number of anilines is 2. The number of aromatic nitrogens is 1. The number of rotatable bonds is 6. The lowest BCUT2D eigenvalue weighted by Crippen LogP contribution is -2.24. The average Bonchev–Trinajstić information content (AvgIpc) is 2.68. The number of hydrogen-bond donors (Lipinski definition) is 1. The number of benzene rings is 2. The Kier molecular flexibility index (Phi) is 6.09. The maximum atomic E-state index is 12.6. The summed E-state index contributed by atoms with van der Waals surface area (Å²) in [5.74, 6) is -0.176. The van der Waals surface area contributed by atoms with E-state index < -0.39 is 0 Å². The van der Waals surface area contributed by atoms with Gasteiger partial charge in [-0.3, -0.25) is 9.78 Å². The molecule has 1 aromatic heterocycles. The molecule has 0 aliphatic rings. The molecule has 2 aromatic carbocycles. The molecule has 0 aliphatic carbocycles. The lowest BCUT2D eigenvalue weighted by Gasteiger charge is -2.23. The molecule has 0 radical (unpaired) electrons. The van der Waals surface area contributed by atoms with E-state index in [4.69, 9.17) is 11.6 Å². The van der Waals surface area contributed by atoms with Gasteiger partial charge in [-0.2, -0.15) is 0 Å². The zero-order valence-electron chi connectivity index (χ0n) is 15.4. The number of pyridine rings is 1. The summed E-state index contributed by atoms with van der Waals surface area (Å²) in [6, 6.07) is 17.6. The molecule has 0 aliphatic heterocycles. The normalized spacial score (nSPS) is 10.5. The van der Waals surface area contributed by atoms with Crippen molar-refractivity contribution in [3.05, 3.63) is 88.7 Å². The Bertz CT molecular complexity index is 942.